The van der Waals surface area contributed by atoms with Gasteiger partial charge >= 0.3 is 12.1 Å². The Hall–Kier alpha value is -1.30. The second-order valence-corrected chi connectivity index (χ2v) is 5.76. The minimum Gasteiger partial charge on any atom is -0.460 e. The SMILES string of the molecule is CO[C@H]1[C@H](C)OC(=O)C[C@@H]1N(C)C(=O)OC(C)(C)C. The molecule has 1 aliphatic rings. The van der Waals surface area contributed by atoms with Crippen molar-refractivity contribution in [1.29, 1.82) is 0 Å². The van der Waals surface area contributed by atoms with Crippen LogP contribution < -0.4 is 0 Å². The molecule has 1 fully saturated rings. The zero-order valence-corrected chi connectivity index (χ0v) is 12.4. The molecule has 6 heteroatoms. The molecule has 1 heterocycles. The summed E-state index contributed by atoms with van der Waals surface area (Å²) < 4.78 is 15.7. The summed E-state index contributed by atoms with van der Waals surface area (Å²) in [6.45, 7) is 7.14. The smallest absolute Gasteiger partial charge is 0.410 e. The van der Waals surface area contributed by atoms with Gasteiger partial charge in [-0.2, -0.15) is 0 Å². The molecule has 19 heavy (non-hydrogen) atoms. The second kappa shape index (κ2) is 5.77. The molecule has 0 aromatic carbocycles. The highest BCUT2D eigenvalue weighted by molar-refractivity contribution is 5.74. The summed E-state index contributed by atoms with van der Waals surface area (Å²) in [5.74, 6) is -0.332. The van der Waals surface area contributed by atoms with Crippen LogP contribution >= 0.6 is 0 Å². The van der Waals surface area contributed by atoms with Crippen molar-refractivity contribution in [2.24, 2.45) is 0 Å². The lowest BCUT2D eigenvalue weighted by atomic mass is 9.99. The van der Waals surface area contributed by atoms with Gasteiger partial charge in [0.1, 0.15) is 17.8 Å². The number of carbonyl (C=O) groups excluding carboxylic acids is 2. The van der Waals surface area contributed by atoms with Gasteiger partial charge in [-0.3, -0.25) is 4.79 Å². The van der Waals surface area contributed by atoms with Gasteiger partial charge in [-0.05, 0) is 27.7 Å². The summed E-state index contributed by atoms with van der Waals surface area (Å²) >= 11 is 0. The predicted octanol–water partition coefficient (Wildman–Crippen LogP) is 1.57. The van der Waals surface area contributed by atoms with E-state index in [4.69, 9.17) is 14.2 Å². The topological polar surface area (TPSA) is 65.1 Å². The lowest BCUT2D eigenvalue weighted by Gasteiger charge is -2.39. The van der Waals surface area contributed by atoms with Crippen molar-refractivity contribution in [1.82, 2.24) is 4.90 Å². The predicted molar refractivity (Wildman–Crippen MR) is 68.8 cm³/mol. The maximum atomic E-state index is 12.0. The van der Waals surface area contributed by atoms with E-state index in [-0.39, 0.29) is 30.6 Å². The average molecular weight is 273 g/mol. The minimum absolute atomic E-state index is 0.110. The first-order valence-electron chi connectivity index (χ1n) is 6.34. The highest BCUT2D eigenvalue weighted by Gasteiger charge is 2.41. The summed E-state index contributed by atoms with van der Waals surface area (Å²) in [6.07, 6.45) is -1.10. The number of rotatable bonds is 2. The van der Waals surface area contributed by atoms with Gasteiger partial charge < -0.3 is 19.1 Å². The van der Waals surface area contributed by atoms with Crippen LogP contribution in [0.15, 0.2) is 0 Å². The van der Waals surface area contributed by atoms with Crippen LogP contribution in [0.4, 0.5) is 4.79 Å². The van der Waals surface area contributed by atoms with Crippen molar-refractivity contribution in [2.45, 2.75) is 58.0 Å². The van der Waals surface area contributed by atoms with Crippen LogP contribution in [0, 0.1) is 0 Å². The molecule has 6 nitrogen and oxygen atoms in total. The monoisotopic (exact) mass is 273 g/mol. The molecule has 0 aromatic rings. The van der Waals surface area contributed by atoms with Gasteiger partial charge in [-0.15, -0.1) is 0 Å². The minimum atomic E-state index is -0.575. The van der Waals surface area contributed by atoms with Crippen LogP contribution in [-0.4, -0.2) is 55.0 Å². The Labute approximate surface area is 114 Å². The van der Waals surface area contributed by atoms with Crippen molar-refractivity contribution >= 4 is 12.1 Å². The lowest BCUT2D eigenvalue weighted by Crippen LogP contribution is -2.55. The molecule has 110 valence electrons. The third-order valence-corrected chi connectivity index (χ3v) is 2.99. The lowest BCUT2D eigenvalue weighted by molar-refractivity contribution is -0.172. The molecule has 0 bridgehead atoms. The van der Waals surface area contributed by atoms with Crippen molar-refractivity contribution in [3.63, 3.8) is 0 Å². The summed E-state index contributed by atoms with van der Waals surface area (Å²) in [6, 6.07) is -0.379. The van der Waals surface area contributed by atoms with E-state index >= 15 is 0 Å². The molecule has 1 amide bonds. The second-order valence-electron chi connectivity index (χ2n) is 5.76. The van der Waals surface area contributed by atoms with Crippen molar-refractivity contribution in [2.75, 3.05) is 14.2 Å². The van der Waals surface area contributed by atoms with E-state index in [1.54, 1.807) is 34.7 Å². The maximum Gasteiger partial charge on any atom is 0.410 e. The Morgan fingerprint density at radius 1 is 1.42 bits per heavy atom. The molecule has 0 unspecified atom stereocenters. The molecule has 0 aliphatic carbocycles. The molecule has 0 radical (unpaired) electrons. The molecule has 1 saturated heterocycles. The molecule has 0 saturated carbocycles. The molecule has 1 aliphatic heterocycles. The fourth-order valence-corrected chi connectivity index (χ4v) is 2.10. The Morgan fingerprint density at radius 2 is 2.00 bits per heavy atom. The van der Waals surface area contributed by atoms with Crippen LogP contribution in [0.3, 0.4) is 0 Å². The highest BCUT2D eigenvalue weighted by Crippen LogP contribution is 2.23. The van der Waals surface area contributed by atoms with Gasteiger partial charge in [0.15, 0.2) is 0 Å². The molecular weight excluding hydrogens is 250 g/mol. The van der Waals surface area contributed by atoms with Gasteiger partial charge in [0.05, 0.1) is 12.5 Å². The number of hydrogen-bond donors (Lipinski definition) is 0. The summed E-state index contributed by atoms with van der Waals surface area (Å²) in [5, 5.41) is 0. The van der Waals surface area contributed by atoms with E-state index in [0.717, 1.165) is 0 Å². The molecule has 1 rings (SSSR count). The highest BCUT2D eigenvalue weighted by atomic mass is 16.6. The largest absolute Gasteiger partial charge is 0.460 e. The molecule has 3 atom stereocenters. The number of likely N-dealkylation sites (N-methyl/N-ethyl adjacent to an activating group) is 1. The standard InChI is InChI=1S/C13H23NO5/c1-8-11(17-6)9(7-10(15)18-8)14(5)12(16)19-13(2,3)4/h8-9,11H,7H2,1-6H3/t8-,9-,11-/m0/s1. The summed E-state index contributed by atoms with van der Waals surface area (Å²) in [4.78, 5) is 24.9. The van der Waals surface area contributed by atoms with E-state index < -0.39 is 11.7 Å². The Balaban J connectivity index is 2.80. The molecule has 0 aromatic heterocycles. The van der Waals surface area contributed by atoms with Crippen molar-refractivity contribution in [3.8, 4) is 0 Å². The third kappa shape index (κ3) is 4.09. The summed E-state index contributed by atoms with van der Waals surface area (Å²) in [7, 11) is 3.15. The normalized spacial score (nSPS) is 27.7. The Kier molecular flexibility index (Phi) is 4.79. The van der Waals surface area contributed by atoms with Gasteiger partial charge in [-0.25, -0.2) is 4.79 Å². The number of methoxy groups -OCH3 is 1. The van der Waals surface area contributed by atoms with Crippen LogP contribution in [-0.2, 0) is 19.0 Å². The van der Waals surface area contributed by atoms with Crippen molar-refractivity contribution < 1.29 is 23.8 Å². The Morgan fingerprint density at radius 3 is 2.47 bits per heavy atom. The molecule has 0 N–H and O–H groups in total. The van der Waals surface area contributed by atoms with E-state index in [9.17, 15) is 9.59 Å². The number of carbonyl (C=O) groups is 2. The molecular formula is C13H23NO5. The van der Waals surface area contributed by atoms with Gasteiger partial charge in [0.25, 0.3) is 0 Å². The maximum absolute atomic E-state index is 12.0. The van der Waals surface area contributed by atoms with E-state index in [2.05, 4.69) is 0 Å². The van der Waals surface area contributed by atoms with Gasteiger partial charge in [0.2, 0.25) is 0 Å². The van der Waals surface area contributed by atoms with Crippen LogP contribution in [0.1, 0.15) is 34.1 Å². The first-order chi connectivity index (χ1) is 8.65. The summed E-state index contributed by atoms with van der Waals surface area (Å²) in [5.41, 5.74) is -0.575. The van der Waals surface area contributed by atoms with E-state index in [1.807, 2.05) is 0 Å². The number of cyclic esters (lactones) is 1. The van der Waals surface area contributed by atoms with Crippen molar-refractivity contribution in [3.05, 3.63) is 0 Å². The third-order valence-electron chi connectivity index (χ3n) is 2.99. The fraction of sp³-hybridized carbons (Fsp3) is 0.846. The Bertz CT molecular complexity index is 349. The zero-order chi connectivity index (χ0) is 14.8. The molecule has 0 spiro atoms. The number of amides is 1. The number of hydrogen-bond acceptors (Lipinski definition) is 5. The van der Waals surface area contributed by atoms with Gasteiger partial charge in [0, 0.05) is 14.2 Å². The number of esters is 1. The van der Waals surface area contributed by atoms with Crippen LogP contribution in [0.5, 0.6) is 0 Å². The van der Waals surface area contributed by atoms with Gasteiger partial charge in [-0.1, -0.05) is 0 Å². The van der Waals surface area contributed by atoms with E-state index in [1.165, 1.54) is 12.0 Å². The van der Waals surface area contributed by atoms with Crippen LogP contribution in [0.25, 0.3) is 0 Å². The first kappa shape index (κ1) is 15.8. The van der Waals surface area contributed by atoms with Crippen LogP contribution in [0.2, 0.25) is 0 Å². The quantitative estimate of drug-likeness (QED) is 0.715. The number of nitrogens with zero attached hydrogens (tertiary/aromatic N) is 1. The fourth-order valence-electron chi connectivity index (χ4n) is 2.10. The first-order valence-corrected chi connectivity index (χ1v) is 6.34. The number of ether oxygens (including phenoxy) is 3. The zero-order valence-electron chi connectivity index (χ0n) is 12.4. The average Bonchev–Trinajstić information content (AvgIpc) is 2.24. The van der Waals surface area contributed by atoms with E-state index in [0.29, 0.717) is 0 Å².